The lowest BCUT2D eigenvalue weighted by atomic mass is 10.0. The molecule has 2 aromatic rings. The van der Waals surface area contributed by atoms with Gasteiger partial charge in [0.25, 0.3) is 0 Å². The van der Waals surface area contributed by atoms with Gasteiger partial charge in [-0.2, -0.15) is 5.26 Å². The van der Waals surface area contributed by atoms with E-state index in [9.17, 15) is 10.1 Å². The number of rotatable bonds is 3. The van der Waals surface area contributed by atoms with Crippen LogP contribution in [-0.4, -0.2) is 17.1 Å². The van der Waals surface area contributed by atoms with Gasteiger partial charge in [0.05, 0.1) is 12.2 Å². The Bertz CT molecular complexity index is 676. The van der Waals surface area contributed by atoms with E-state index in [4.69, 9.17) is 4.74 Å². The summed E-state index contributed by atoms with van der Waals surface area (Å²) in [6.45, 7) is 4.06. The fourth-order valence-electron chi connectivity index (χ4n) is 2.17. The molecule has 0 amide bonds. The molecule has 0 fully saturated rings. The number of esters is 1. The van der Waals surface area contributed by atoms with Gasteiger partial charge in [-0.05, 0) is 19.4 Å². The number of benzene rings is 1. The average Bonchev–Trinajstić information content (AvgIpc) is 2.76. The predicted molar refractivity (Wildman–Crippen MR) is 76.3 cm³/mol. The van der Waals surface area contributed by atoms with Crippen LogP contribution in [-0.2, 0) is 11.8 Å². The normalized spacial score (nSPS) is 10.1. The standard InChI is InChI=1S/C16H16N2O2/c1-4-20-16(19)15-14(13(9-17)10-18(15)3)12-7-5-11(2)6-8-12/h5-8,10H,4H2,1-3H3. The van der Waals surface area contributed by atoms with Gasteiger partial charge in [-0.15, -0.1) is 0 Å². The van der Waals surface area contributed by atoms with Crippen molar-refractivity contribution in [2.24, 2.45) is 7.05 Å². The number of hydrogen-bond donors (Lipinski definition) is 0. The second-order valence-electron chi connectivity index (χ2n) is 4.58. The summed E-state index contributed by atoms with van der Waals surface area (Å²) in [6, 6.07) is 9.87. The molecule has 0 aliphatic rings. The van der Waals surface area contributed by atoms with Crippen molar-refractivity contribution >= 4 is 5.97 Å². The summed E-state index contributed by atoms with van der Waals surface area (Å²) in [5, 5.41) is 9.27. The summed E-state index contributed by atoms with van der Waals surface area (Å²) < 4.78 is 6.73. The number of hydrogen-bond acceptors (Lipinski definition) is 3. The molecule has 102 valence electrons. The molecule has 0 saturated carbocycles. The summed E-state index contributed by atoms with van der Waals surface area (Å²) in [6.07, 6.45) is 1.65. The van der Waals surface area contributed by atoms with Crippen molar-refractivity contribution in [2.45, 2.75) is 13.8 Å². The van der Waals surface area contributed by atoms with Gasteiger partial charge in [-0.1, -0.05) is 29.8 Å². The minimum atomic E-state index is -0.410. The van der Waals surface area contributed by atoms with Crippen molar-refractivity contribution < 1.29 is 9.53 Å². The van der Waals surface area contributed by atoms with Crippen molar-refractivity contribution in [3.05, 3.63) is 47.3 Å². The summed E-state index contributed by atoms with van der Waals surface area (Å²) in [5.41, 5.74) is 3.48. The Hall–Kier alpha value is -2.54. The number of aryl methyl sites for hydroxylation is 2. The third kappa shape index (κ3) is 2.43. The van der Waals surface area contributed by atoms with E-state index in [0.29, 0.717) is 23.4 Å². The summed E-state index contributed by atoms with van der Waals surface area (Å²) in [7, 11) is 1.74. The molecule has 1 aromatic heterocycles. The minimum absolute atomic E-state index is 0.305. The van der Waals surface area contributed by atoms with Gasteiger partial charge in [0.1, 0.15) is 11.8 Å². The maximum absolute atomic E-state index is 12.1. The van der Waals surface area contributed by atoms with Crippen molar-refractivity contribution in [3.63, 3.8) is 0 Å². The highest BCUT2D eigenvalue weighted by molar-refractivity contribution is 5.97. The molecule has 2 rings (SSSR count). The van der Waals surface area contributed by atoms with Crippen LogP contribution in [0.4, 0.5) is 0 Å². The fraction of sp³-hybridized carbons (Fsp3) is 0.250. The number of aromatic nitrogens is 1. The van der Waals surface area contributed by atoms with Crippen LogP contribution in [0.25, 0.3) is 11.1 Å². The van der Waals surface area contributed by atoms with E-state index in [1.807, 2.05) is 31.2 Å². The molecular formula is C16H16N2O2. The van der Waals surface area contributed by atoms with E-state index in [1.54, 1.807) is 24.7 Å². The van der Waals surface area contributed by atoms with Crippen LogP contribution in [0, 0.1) is 18.3 Å². The quantitative estimate of drug-likeness (QED) is 0.804. The monoisotopic (exact) mass is 268 g/mol. The highest BCUT2D eigenvalue weighted by atomic mass is 16.5. The zero-order chi connectivity index (χ0) is 14.7. The molecule has 0 atom stereocenters. The fourth-order valence-corrected chi connectivity index (χ4v) is 2.17. The van der Waals surface area contributed by atoms with E-state index in [0.717, 1.165) is 11.1 Å². The predicted octanol–water partition coefficient (Wildman–Crippen LogP) is 3.05. The van der Waals surface area contributed by atoms with Crippen LogP contribution in [0.2, 0.25) is 0 Å². The van der Waals surface area contributed by atoms with Crippen molar-refractivity contribution in [3.8, 4) is 17.2 Å². The summed E-state index contributed by atoms with van der Waals surface area (Å²) >= 11 is 0. The van der Waals surface area contributed by atoms with E-state index < -0.39 is 5.97 Å². The molecule has 0 unspecified atom stereocenters. The van der Waals surface area contributed by atoms with E-state index >= 15 is 0 Å². The number of carbonyl (C=O) groups excluding carboxylic acids is 1. The van der Waals surface area contributed by atoms with Crippen LogP contribution in [0.15, 0.2) is 30.5 Å². The van der Waals surface area contributed by atoms with Gasteiger partial charge in [0.15, 0.2) is 0 Å². The molecule has 1 aromatic carbocycles. The molecule has 0 bridgehead atoms. The number of carbonyl (C=O) groups is 1. The molecular weight excluding hydrogens is 252 g/mol. The molecule has 0 N–H and O–H groups in total. The Balaban J connectivity index is 2.64. The highest BCUT2D eigenvalue weighted by Gasteiger charge is 2.22. The lowest BCUT2D eigenvalue weighted by molar-refractivity contribution is 0.0516. The lowest BCUT2D eigenvalue weighted by Gasteiger charge is -2.07. The SMILES string of the molecule is CCOC(=O)c1c(-c2ccc(C)cc2)c(C#N)cn1C. The van der Waals surface area contributed by atoms with Crippen LogP contribution in [0.3, 0.4) is 0 Å². The van der Waals surface area contributed by atoms with Crippen LogP contribution >= 0.6 is 0 Å². The smallest absolute Gasteiger partial charge is 0.355 e. The van der Waals surface area contributed by atoms with Gasteiger partial charge in [-0.25, -0.2) is 4.79 Å². The molecule has 1 heterocycles. The highest BCUT2D eigenvalue weighted by Crippen LogP contribution is 2.29. The maximum Gasteiger partial charge on any atom is 0.355 e. The summed E-state index contributed by atoms with van der Waals surface area (Å²) in [4.78, 5) is 12.1. The third-order valence-electron chi connectivity index (χ3n) is 3.11. The second-order valence-corrected chi connectivity index (χ2v) is 4.58. The van der Waals surface area contributed by atoms with Gasteiger partial charge in [0, 0.05) is 18.8 Å². The Kier molecular flexibility index (Phi) is 3.90. The van der Waals surface area contributed by atoms with Crippen LogP contribution in [0.5, 0.6) is 0 Å². The van der Waals surface area contributed by atoms with Gasteiger partial charge < -0.3 is 9.30 Å². The lowest BCUT2D eigenvalue weighted by Crippen LogP contribution is -2.10. The van der Waals surface area contributed by atoms with Crippen LogP contribution in [0.1, 0.15) is 28.5 Å². The molecule has 0 aliphatic carbocycles. The third-order valence-corrected chi connectivity index (χ3v) is 3.11. The van der Waals surface area contributed by atoms with Crippen molar-refractivity contribution in [1.82, 2.24) is 4.57 Å². The second kappa shape index (κ2) is 5.62. The van der Waals surface area contributed by atoms with Gasteiger partial charge in [-0.3, -0.25) is 0 Å². The molecule has 4 nitrogen and oxygen atoms in total. The van der Waals surface area contributed by atoms with E-state index in [1.165, 1.54) is 0 Å². The molecule has 4 heteroatoms. The zero-order valence-corrected chi connectivity index (χ0v) is 11.8. The van der Waals surface area contributed by atoms with E-state index in [2.05, 4.69) is 6.07 Å². The van der Waals surface area contributed by atoms with Gasteiger partial charge >= 0.3 is 5.97 Å². The molecule has 0 radical (unpaired) electrons. The summed E-state index contributed by atoms with van der Waals surface area (Å²) in [5.74, 6) is -0.410. The van der Waals surface area contributed by atoms with Crippen molar-refractivity contribution in [1.29, 1.82) is 5.26 Å². The van der Waals surface area contributed by atoms with Crippen LogP contribution < -0.4 is 0 Å². The first-order chi connectivity index (χ1) is 9.58. The molecule has 20 heavy (non-hydrogen) atoms. The molecule has 0 aliphatic heterocycles. The Labute approximate surface area is 118 Å². The topological polar surface area (TPSA) is 55.0 Å². The first kappa shape index (κ1) is 13.9. The van der Waals surface area contributed by atoms with E-state index in [-0.39, 0.29) is 0 Å². The average molecular weight is 268 g/mol. The Morgan fingerprint density at radius 3 is 2.55 bits per heavy atom. The van der Waals surface area contributed by atoms with Gasteiger partial charge in [0.2, 0.25) is 0 Å². The maximum atomic E-state index is 12.1. The minimum Gasteiger partial charge on any atom is -0.461 e. The number of nitrogens with zero attached hydrogens (tertiary/aromatic N) is 2. The number of nitriles is 1. The van der Waals surface area contributed by atoms with Crippen molar-refractivity contribution in [2.75, 3.05) is 6.61 Å². The molecule has 0 saturated heterocycles. The zero-order valence-electron chi connectivity index (χ0n) is 11.8. The largest absolute Gasteiger partial charge is 0.461 e. The number of ether oxygens (including phenoxy) is 1. The Morgan fingerprint density at radius 2 is 2.00 bits per heavy atom. The first-order valence-electron chi connectivity index (χ1n) is 6.42. The molecule has 0 spiro atoms. The first-order valence-corrected chi connectivity index (χ1v) is 6.42. The Morgan fingerprint density at radius 1 is 1.35 bits per heavy atom.